The topological polar surface area (TPSA) is 69.7 Å². The maximum absolute atomic E-state index is 11.6. The number of carbonyl (C=O) groups excluding carboxylic acids is 3. The molecule has 18 heavy (non-hydrogen) atoms. The van der Waals surface area contributed by atoms with Gasteiger partial charge in [-0.15, -0.1) is 0 Å². The highest BCUT2D eigenvalue weighted by molar-refractivity contribution is 6.06. The van der Waals surface area contributed by atoms with Gasteiger partial charge in [0.15, 0.2) is 5.78 Å². The highest BCUT2D eigenvalue weighted by Crippen LogP contribution is 2.19. The van der Waals surface area contributed by atoms with Gasteiger partial charge in [0.1, 0.15) is 0 Å². The summed E-state index contributed by atoms with van der Waals surface area (Å²) in [5.41, 5.74) is 1.10. The van der Waals surface area contributed by atoms with Crippen LogP contribution in [0, 0.1) is 6.92 Å². The van der Waals surface area contributed by atoms with Crippen LogP contribution in [0.25, 0.3) is 0 Å². The smallest absolute Gasteiger partial charge is 0.338 e. The second kappa shape index (κ2) is 5.44. The van der Waals surface area contributed by atoms with E-state index in [1.807, 2.05) is 0 Å². The molecule has 0 aliphatic carbocycles. The number of methoxy groups -OCH3 is 2. The van der Waals surface area contributed by atoms with Crippen LogP contribution in [-0.2, 0) is 9.47 Å². The van der Waals surface area contributed by atoms with Crippen molar-refractivity contribution in [1.29, 1.82) is 0 Å². The van der Waals surface area contributed by atoms with Crippen LogP contribution in [0.5, 0.6) is 0 Å². The molecule has 0 heterocycles. The Bertz CT molecular complexity index is 516. The van der Waals surface area contributed by atoms with E-state index in [-0.39, 0.29) is 16.9 Å². The molecule has 0 aromatic heterocycles. The van der Waals surface area contributed by atoms with Crippen molar-refractivity contribution in [1.82, 2.24) is 0 Å². The monoisotopic (exact) mass is 250 g/mol. The second-order valence-corrected chi connectivity index (χ2v) is 3.75. The Kier molecular flexibility index (Phi) is 4.20. The summed E-state index contributed by atoms with van der Waals surface area (Å²) in [6.45, 7) is 3.07. The molecular weight excluding hydrogens is 236 g/mol. The minimum atomic E-state index is -0.682. The molecule has 1 aromatic carbocycles. The Balaban J connectivity index is 3.51. The summed E-state index contributed by atoms with van der Waals surface area (Å²) >= 11 is 0. The Labute approximate surface area is 105 Å². The van der Waals surface area contributed by atoms with Crippen molar-refractivity contribution >= 4 is 17.7 Å². The first-order chi connectivity index (χ1) is 8.42. The van der Waals surface area contributed by atoms with E-state index in [0.717, 1.165) is 0 Å². The number of carbonyl (C=O) groups is 3. The first kappa shape index (κ1) is 13.9. The summed E-state index contributed by atoms with van der Waals surface area (Å²) in [6, 6.07) is 2.81. The number of aryl methyl sites for hydroxylation is 1. The van der Waals surface area contributed by atoms with Crippen LogP contribution in [0.1, 0.15) is 43.6 Å². The molecule has 0 aliphatic heterocycles. The van der Waals surface area contributed by atoms with Crippen LogP contribution >= 0.6 is 0 Å². The molecule has 0 radical (unpaired) electrons. The Hall–Kier alpha value is -2.17. The van der Waals surface area contributed by atoms with Crippen LogP contribution in [0.15, 0.2) is 12.1 Å². The summed E-state index contributed by atoms with van der Waals surface area (Å²) in [5.74, 6) is -1.51. The fraction of sp³-hybridized carbons (Fsp3) is 0.308. The SMILES string of the molecule is COC(=O)c1cc(C)c(C(C)=O)cc1C(=O)OC. The van der Waals surface area contributed by atoms with Gasteiger partial charge in [0.05, 0.1) is 25.3 Å². The molecule has 1 aromatic rings. The minimum Gasteiger partial charge on any atom is -0.465 e. The first-order valence-corrected chi connectivity index (χ1v) is 5.24. The van der Waals surface area contributed by atoms with Gasteiger partial charge in [-0.2, -0.15) is 0 Å². The fourth-order valence-electron chi connectivity index (χ4n) is 1.64. The average Bonchev–Trinajstić information content (AvgIpc) is 2.36. The van der Waals surface area contributed by atoms with Gasteiger partial charge in [0.25, 0.3) is 0 Å². The maximum atomic E-state index is 11.6. The van der Waals surface area contributed by atoms with Gasteiger partial charge in [0.2, 0.25) is 0 Å². The van der Waals surface area contributed by atoms with Gasteiger partial charge >= 0.3 is 11.9 Å². The van der Waals surface area contributed by atoms with Crippen LogP contribution in [0.4, 0.5) is 0 Å². The highest BCUT2D eigenvalue weighted by atomic mass is 16.5. The number of benzene rings is 1. The predicted octanol–water partition coefficient (Wildman–Crippen LogP) is 1.77. The maximum Gasteiger partial charge on any atom is 0.338 e. The van der Waals surface area contributed by atoms with Crippen LogP contribution < -0.4 is 0 Å². The van der Waals surface area contributed by atoms with Crippen molar-refractivity contribution in [3.05, 3.63) is 34.4 Å². The van der Waals surface area contributed by atoms with Crippen LogP contribution in [-0.4, -0.2) is 31.9 Å². The van der Waals surface area contributed by atoms with E-state index in [2.05, 4.69) is 9.47 Å². The fourth-order valence-corrected chi connectivity index (χ4v) is 1.64. The Morgan fingerprint density at radius 2 is 1.33 bits per heavy atom. The summed E-state index contributed by atoms with van der Waals surface area (Å²) in [4.78, 5) is 34.6. The third-order valence-corrected chi connectivity index (χ3v) is 2.55. The Morgan fingerprint density at radius 3 is 1.72 bits per heavy atom. The molecule has 0 atom stereocenters. The number of hydrogen-bond donors (Lipinski definition) is 0. The molecule has 0 amide bonds. The third-order valence-electron chi connectivity index (χ3n) is 2.55. The summed E-state index contributed by atoms with van der Waals surface area (Å²) < 4.78 is 9.18. The molecule has 0 N–H and O–H groups in total. The van der Waals surface area contributed by atoms with E-state index in [4.69, 9.17) is 0 Å². The number of hydrogen-bond acceptors (Lipinski definition) is 5. The van der Waals surface area contributed by atoms with Crippen molar-refractivity contribution in [3.63, 3.8) is 0 Å². The zero-order valence-corrected chi connectivity index (χ0v) is 10.7. The first-order valence-electron chi connectivity index (χ1n) is 5.24. The van der Waals surface area contributed by atoms with Gasteiger partial charge in [-0.05, 0) is 31.5 Å². The van der Waals surface area contributed by atoms with E-state index in [0.29, 0.717) is 11.1 Å². The number of Topliss-reactive ketones (excluding diaryl/α,β-unsaturated/α-hetero) is 1. The van der Waals surface area contributed by atoms with E-state index in [9.17, 15) is 14.4 Å². The predicted molar refractivity (Wildman–Crippen MR) is 63.9 cm³/mol. The van der Waals surface area contributed by atoms with Gasteiger partial charge in [-0.3, -0.25) is 4.79 Å². The quantitative estimate of drug-likeness (QED) is 0.604. The van der Waals surface area contributed by atoms with Gasteiger partial charge in [-0.1, -0.05) is 0 Å². The average molecular weight is 250 g/mol. The standard InChI is InChI=1S/C13H14O5/c1-7-5-10(12(15)17-3)11(13(16)18-4)6-9(7)8(2)14/h5-6H,1-4H3. The molecule has 0 aliphatic rings. The highest BCUT2D eigenvalue weighted by Gasteiger charge is 2.21. The molecule has 5 heteroatoms. The van der Waals surface area contributed by atoms with Crippen LogP contribution in [0.3, 0.4) is 0 Å². The molecule has 0 saturated carbocycles. The lowest BCUT2D eigenvalue weighted by molar-refractivity contribution is 0.0555. The Morgan fingerprint density at radius 1 is 0.889 bits per heavy atom. The van der Waals surface area contributed by atoms with Crippen molar-refractivity contribution in [2.45, 2.75) is 13.8 Å². The van der Waals surface area contributed by atoms with E-state index in [1.165, 1.54) is 33.3 Å². The van der Waals surface area contributed by atoms with E-state index < -0.39 is 11.9 Å². The molecule has 0 bridgehead atoms. The zero-order chi connectivity index (χ0) is 13.9. The second-order valence-electron chi connectivity index (χ2n) is 3.75. The van der Waals surface area contributed by atoms with Crippen molar-refractivity contribution in [2.24, 2.45) is 0 Å². The third kappa shape index (κ3) is 2.56. The molecule has 1 rings (SSSR count). The van der Waals surface area contributed by atoms with Crippen LogP contribution in [0.2, 0.25) is 0 Å². The number of ether oxygens (including phenoxy) is 2. The number of esters is 2. The van der Waals surface area contributed by atoms with Crippen molar-refractivity contribution in [2.75, 3.05) is 14.2 Å². The molecular formula is C13H14O5. The molecule has 0 spiro atoms. The molecule has 0 fully saturated rings. The largest absolute Gasteiger partial charge is 0.465 e. The van der Waals surface area contributed by atoms with Gasteiger partial charge in [-0.25, -0.2) is 9.59 Å². The number of ketones is 1. The van der Waals surface area contributed by atoms with E-state index in [1.54, 1.807) is 6.92 Å². The molecule has 5 nitrogen and oxygen atoms in total. The lowest BCUT2D eigenvalue weighted by Gasteiger charge is -2.10. The van der Waals surface area contributed by atoms with E-state index >= 15 is 0 Å². The zero-order valence-electron chi connectivity index (χ0n) is 10.7. The van der Waals surface area contributed by atoms with Gasteiger partial charge < -0.3 is 9.47 Å². The number of rotatable bonds is 3. The normalized spacial score (nSPS) is 9.78. The van der Waals surface area contributed by atoms with Crippen molar-refractivity contribution in [3.8, 4) is 0 Å². The molecule has 0 unspecified atom stereocenters. The summed E-state index contributed by atoms with van der Waals surface area (Å²) in [5, 5.41) is 0. The lowest BCUT2D eigenvalue weighted by Crippen LogP contribution is -2.14. The summed E-state index contributed by atoms with van der Waals surface area (Å²) in [6.07, 6.45) is 0. The molecule has 0 saturated heterocycles. The minimum absolute atomic E-state index is 0.0279. The summed E-state index contributed by atoms with van der Waals surface area (Å²) in [7, 11) is 2.42. The van der Waals surface area contributed by atoms with Gasteiger partial charge in [0, 0.05) is 5.56 Å². The molecule has 96 valence electrons. The van der Waals surface area contributed by atoms with Crippen molar-refractivity contribution < 1.29 is 23.9 Å². The lowest BCUT2D eigenvalue weighted by atomic mass is 9.97.